The molecular weight excluding hydrogens is 342 g/mol. The highest BCUT2D eigenvalue weighted by molar-refractivity contribution is 8.01. The second-order valence-electron chi connectivity index (χ2n) is 5.14. The number of amides is 1. The normalized spacial score (nSPS) is 12.0. The van der Waals surface area contributed by atoms with Crippen LogP contribution in [0.2, 0.25) is 0 Å². The third kappa shape index (κ3) is 3.27. The quantitative estimate of drug-likeness (QED) is 0.705. The van der Waals surface area contributed by atoms with E-state index in [2.05, 4.69) is 21.4 Å². The molecule has 0 fully saturated rings. The Bertz CT molecular complexity index is 924. The number of aromatic nitrogens is 3. The van der Waals surface area contributed by atoms with E-state index in [0.29, 0.717) is 10.9 Å². The lowest BCUT2D eigenvalue weighted by molar-refractivity contribution is -0.118. The first-order chi connectivity index (χ1) is 11.6. The summed E-state index contributed by atoms with van der Waals surface area (Å²) in [6.07, 6.45) is 1.68. The van der Waals surface area contributed by atoms with Crippen molar-refractivity contribution >= 4 is 45.2 Å². The number of para-hydroxylation sites is 2. The highest BCUT2D eigenvalue weighted by Crippen LogP contribution is 2.32. The first-order valence-electron chi connectivity index (χ1n) is 7.29. The van der Waals surface area contributed by atoms with Crippen LogP contribution in [0.3, 0.4) is 0 Å². The largest absolute Gasteiger partial charge is 0.318 e. The van der Waals surface area contributed by atoms with Crippen LogP contribution >= 0.6 is 23.1 Å². The maximum Gasteiger partial charge on any atom is 0.248 e. The Balaban J connectivity index is 1.76. The standard InChI is InChI=1S/C16H15N5OS2/c1-10-15(23-8-7-17)24-16(19-10)20-14(22)11(2)21-9-18-12-5-3-4-6-13(12)21/h3-6,9,11H,8H2,1-2H3,(H,19,20,22)/t11-/m0/s1. The van der Waals surface area contributed by atoms with Crippen LogP contribution in [0.25, 0.3) is 11.0 Å². The van der Waals surface area contributed by atoms with E-state index in [1.165, 1.54) is 23.1 Å². The van der Waals surface area contributed by atoms with Gasteiger partial charge in [0, 0.05) is 0 Å². The maximum atomic E-state index is 12.5. The number of rotatable bonds is 5. The number of hydrogen-bond acceptors (Lipinski definition) is 6. The van der Waals surface area contributed by atoms with Crippen molar-refractivity contribution in [2.45, 2.75) is 24.1 Å². The average Bonchev–Trinajstić information content (AvgIpc) is 3.15. The number of benzene rings is 1. The summed E-state index contributed by atoms with van der Waals surface area (Å²) in [6.45, 7) is 3.70. The lowest BCUT2D eigenvalue weighted by Crippen LogP contribution is -2.23. The van der Waals surface area contributed by atoms with Crippen LogP contribution < -0.4 is 5.32 Å². The summed E-state index contributed by atoms with van der Waals surface area (Å²) in [4.78, 5) is 21.2. The molecule has 3 aromatic rings. The van der Waals surface area contributed by atoms with Gasteiger partial charge in [0.2, 0.25) is 5.91 Å². The van der Waals surface area contributed by atoms with Crippen LogP contribution in [0.15, 0.2) is 34.8 Å². The van der Waals surface area contributed by atoms with Gasteiger partial charge in [0.1, 0.15) is 6.04 Å². The van der Waals surface area contributed by atoms with Crippen LogP contribution in [-0.4, -0.2) is 26.2 Å². The minimum Gasteiger partial charge on any atom is -0.318 e. The number of nitriles is 1. The van der Waals surface area contributed by atoms with Crippen molar-refractivity contribution in [2.75, 3.05) is 11.1 Å². The second kappa shape index (κ2) is 7.03. The van der Waals surface area contributed by atoms with E-state index in [4.69, 9.17) is 5.26 Å². The smallest absolute Gasteiger partial charge is 0.248 e. The Labute approximate surface area is 147 Å². The number of carbonyl (C=O) groups excluding carboxylic acids is 1. The van der Waals surface area contributed by atoms with Gasteiger partial charge in [-0.2, -0.15) is 5.26 Å². The van der Waals surface area contributed by atoms with E-state index in [-0.39, 0.29) is 5.91 Å². The molecule has 122 valence electrons. The van der Waals surface area contributed by atoms with Crippen LogP contribution in [0.5, 0.6) is 0 Å². The summed E-state index contributed by atoms with van der Waals surface area (Å²) in [7, 11) is 0. The minimum absolute atomic E-state index is 0.149. The summed E-state index contributed by atoms with van der Waals surface area (Å²) in [5, 5.41) is 12.1. The van der Waals surface area contributed by atoms with Crippen LogP contribution in [0, 0.1) is 18.3 Å². The van der Waals surface area contributed by atoms with Gasteiger partial charge < -0.3 is 9.88 Å². The van der Waals surface area contributed by atoms with Gasteiger partial charge in [0.05, 0.1) is 39.1 Å². The van der Waals surface area contributed by atoms with Crippen molar-refractivity contribution in [2.24, 2.45) is 0 Å². The fraction of sp³-hybridized carbons (Fsp3) is 0.250. The topological polar surface area (TPSA) is 83.6 Å². The Morgan fingerprint density at radius 1 is 1.50 bits per heavy atom. The fourth-order valence-corrected chi connectivity index (χ4v) is 4.09. The molecule has 1 amide bonds. The Morgan fingerprint density at radius 2 is 2.29 bits per heavy atom. The number of anilines is 1. The third-order valence-corrected chi connectivity index (χ3v) is 5.83. The van der Waals surface area contributed by atoms with E-state index in [1.54, 1.807) is 6.33 Å². The van der Waals surface area contributed by atoms with E-state index in [9.17, 15) is 4.79 Å². The third-order valence-electron chi connectivity index (χ3n) is 3.53. The molecule has 1 N–H and O–H groups in total. The van der Waals surface area contributed by atoms with Gasteiger partial charge in [-0.3, -0.25) is 4.79 Å². The summed E-state index contributed by atoms with van der Waals surface area (Å²) in [5.41, 5.74) is 2.61. The Hall–Kier alpha value is -2.37. The molecule has 0 aliphatic carbocycles. The molecule has 1 atom stereocenters. The molecule has 0 saturated carbocycles. The number of thiazole rings is 1. The summed E-state index contributed by atoms with van der Waals surface area (Å²) >= 11 is 2.82. The zero-order chi connectivity index (χ0) is 17.1. The zero-order valence-corrected chi connectivity index (χ0v) is 14.8. The van der Waals surface area contributed by atoms with Crippen LogP contribution in [0.4, 0.5) is 5.13 Å². The highest BCUT2D eigenvalue weighted by Gasteiger charge is 2.19. The molecular formula is C16H15N5OS2. The molecule has 0 radical (unpaired) electrons. The number of thioether (sulfide) groups is 1. The summed E-state index contributed by atoms with van der Waals surface area (Å²) < 4.78 is 2.80. The van der Waals surface area contributed by atoms with Crippen LogP contribution in [0.1, 0.15) is 18.7 Å². The lowest BCUT2D eigenvalue weighted by Gasteiger charge is -2.13. The second-order valence-corrected chi connectivity index (χ2v) is 7.39. The molecule has 0 aliphatic rings. The molecule has 1 aromatic carbocycles. The van der Waals surface area contributed by atoms with Crippen molar-refractivity contribution in [3.63, 3.8) is 0 Å². The van der Waals surface area contributed by atoms with E-state index < -0.39 is 6.04 Å². The summed E-state index contributed by atoms with van der Waals surface area (Å²) in [6, 6.07) is 9.39. The first-order valence-corrected chi connectivity index (χ1v) is 9.10. The van der Waals surface area contributed by atoms with Crippen molar-refractivity contribution < 1.29 is 4.79 Å². The van der Waals surface area contributed by atoms with Gasteiger partial charge in [-0.1, -0.05) is 35.2 Å². The molecule has 0 spiro atoms. The number of fused-ring (bicyclic) bond motifs is 1. The Morgan fingerprint density at radius 3 is 3.08 bits per heavy atom. The van der Waals surface area contributed by atoms with Gasteiger partial charge in [-0.05, 0) is 26.0 Å². The van der Waals surface area contributed by atoms with E-state index in [0.717, 1.165) is 20.9 Å². The van der Waals surface area contributed by atoms with Crippen molar-refractivity contribution in [1.82, 2.24) is 14.5 Å². The SMILES string of the molecule is Cc1nc(NC(=O)[C@H](C)n2cnc3ccccc32)sc1SCC#N. The molecule has 0 unspecified atom stereocenters. The molecule has 24 heavy (non-hydrogen) atoms. The predicted octanol–water partition coefficient (Wildman–Crippen LogP) is 3.62. The fourth-order valence-electron chi connectivity index (χ4n) is 2.29. The van der Waals surface area contributed by atoms with Crippen molar-refractivity contribution in [3.05, 3.63) is 36.3 Å². The minimum atomic E-state index is -0.406. The van der Waals surface area contributed by atoms with E-state index in [1.807, 2.05) is 42.7 Å². The zero-order valence-electron chi connectivity index (χ0n) is 13.2. The number of aryl methyl sites for hydroxylation is 1. The van der Waals surface area contributed by atoms with Crippen molar-refractivity contribution in [1.29, 1.82) is 5.26 Å². The molecule has 2 aromatic heterocycles. The van der Waals surface area contributed by atoms with Gasteiger partial charge in [-0.15, -0.1) is 0 Å². The molecule has 6 nitrogen and oxygen atoms in total. The lowest BCUT2D eigenvalue weighted by atomic mass is 10.2. The van der Waals surface area contributed by atoms with E-state index >= 15 is 0 Å². The van der Waals surface area contributed by atoms with Gasteiger partial charge in [-0.25, -0.2) is 9.97 Å². The monoisotopic (exact) mass is 357 g/mol. The number of carbonyl (C=O) groups is 1. The molecule has 3 rings (SSSR count). The van der Waals surface area contributed by atoms with Crippen LogP contribution in [-0.2, 0) is 4.79 Å². The summed E-state index contributed by atoms with van der Waals surface area (Å²) in [5.74, 6) is 0.220. The number of hydrogen-bond donors (Lipinski definition) is 1. The molecule has 0 saturated heterocycles. The number of imidazole rings is 1. The van der Waals surface area contributed by atoms with Gasteiger partial charge in [0.25, 0.3) is 0 Å². The molecule has 0 aliphatic heterocycles. The number of nitrogens with zero attached hydrogens (tertiary/aromatic N) is 4. The average molecular weight is 357 g/mol. The molecule has 0 bridgehead atoms. The van der Waals surface area contributed by atoms with Gasteiger partial charge >= 0.3 is 0 Å². The van der Waals surface area contributed by atoms with Crippen molar-refractivity contribution in [3.8, 4) is 6.07 Å². The predicted molar refractivity (Wildman–Crippen MR) is 96.3 cm³/mol. The first kappa shape index (κ1) is 16.5. The highest BCUT2D eigenvalue weighted by atomic mass is 32.2. The van der Waals surface area contributed by atoms with Gasteiger partial charge in [0.15, 0.2) is 5.13 Å². The molecule has 2 heterocycles. The molecule has 8 heteroatoms. The Kier molecular flexibility index (Phi) is 4.83. The number of nitrogens with one attached hydrogen (secondary N) is 1. The maximum absolute atomic E-state index is 12.5.